The van der Waals surface area contributed by atoms with Gasteiger partial charge in [-0.15, -0.1) is 0 Å². The number of ketones is 2. The maximum Gasteiger partial charge on any atom is 0.195 e. The minimum absolute atomic E-state index is 0.118. The number of rotatable bonds is 1. The molecule has 0 saturated heterocycles. The number of hydrogen-bond donors (Lipinski definition) is 0. The summed E-state index contributed by atoms with van der Waals surface area (Å²) >= 11 is 0. The average Bonchev–Trinajstić information content (AvgIpc) is 2.44. The molecular formula is C14H7ClO2S. The lowest BCUT2D eigenvalue weighted by Gasteiger charge is -2.18. The summed E-state index contributed by atoms with van der Waals surface area (Å²) in [5.41, 5.74) is 1.77. The molecule has 2 aromatic rings. The zero-order valence-corrected chi connectivity index (χ0v) is 10.7. The average molecular weight is 275 g/mol. The fourth-order valence-electron chi connectivity index (χ4n) is 2.18. The van der Waals surface area contributed by atoms with Gasteiger partial charge in [-0.25, -0.2) is 0 Å². The number of carbonyl (C=O) groups is 2. The predicted octanol–water partition coefficient (Wildman–Crippen LogP) is 3.71. The monoisotopic (exact) mass is 274 g/mol. The van der Waals surface area contributed by atoms with E-state index in [-0.39, 0.29) is 11.6 Å². The molecule has 0 saturated carbocycles. The van der Waals surface area contributed by atoms with E-state index in [9.17, 15) is 9.59 Å². The third-order valence-corrected chi connectivity index (χ3v) is 4.00. The summed E-state index contributed by atoms with van der Waals surface area (Å²) in [6.45, 7) is 0. The highest BCUT2D eigenvalue weighted by Crippen LogP contribution is 2.35. The van der Waals surface area contributed by atoms with Crippen LogP contribution in [0.1, 0.15) is 31.8 Å². The Balaban J connectivity index is 2.34. The summed E-state index contributed by atoms with van der Waals surface area (Å²) in [5, 5.41) is 0. The first kappa shape index (κ1) is 11.5. The van der Waals surface area contributed by atoms with Crippen molar-refractivity contribution in [3.63, 3.8) is 0 Å². The minimum Gasteiger partial charge on any atom is -0.289 e. The molecule has 0 fully saturated rings. The van der Waals surface area contributed by atoms with Crippen LogP contribution in [0.25, 0.3) is 0 Å². The van der Waals surface area contributed by atoms with Gasteiger partial charge in [-0.1, -0.05) is 36.4 Å². The summed E-state index contributed by atoms with van der Waals surface area (Å²) in [5.74, 6) is -0.253. The zero-order valence-electron chi connectivity index (χ0n) is 9.14. The normalized spacial score (nSPS) is 13.2. The Morgan fingerprint density at radius 2 is 1.39 bits per heavy atom. The second-order valence-corrected chi connectivity index (χ2v) is 5.02. The highest BCUT2D eigenvalue weighted by Gasteiger charge is 2.31. The molecule has 0 aromatic heterocycles. The van der Waals surface area contributed by atoms with Crippen LogP contribution >= 0.6 is 21.7 Å². The summed E-state index contributed by atoms with van der Waals surface area (Å²) in [7, 11) is 6.72. The van der Waals surface area contributed by atoms with Crippen LogP contribution in [0.4, 0.5) is 0 Å². The van der Waals surface area contributed by atoms with Crippen LogP contribution in [-0.2, 0) is 0 Å². The zero-order chi connectivity index (χ0) is 12.7. The van der Waals surface area contributed by atoms with Crippen molar-refractivity contribution in [2.75, 3.05) is 0 Å². The molecule has 1 aliphatic carbocycles. The van der Waals surface area contributed by atoms with Crippen LogP contribution in [0.2, 0.25) is 0 Å². The lowest BCUT2D eigenvalue weighted by Crippen LogP contribution is -2.21. The van der Waals surface area contributed by atoms with E-state index in [2.05, 4.69) is 0 Å². The van der Waals surface area contributed by atoms with E-state index in [0.29, 0.717) is 27.1 Å². The molecule has 3 rings (SSSR count). The molecule has 0 bridgehead atoms. The van der Waals surface area contributed by atoms with Gasteiger partial charge in [0.05, 0.1) is 0 Å². The van der Waals surface area contributed by atoms with Gasteiger partial charge in [-0.3, -0.25) is 9.59 Å². The second kappa shape index (κ2) is 4.26. The summed E-state index contributed by atoms with van der Waals surface area (Å²) in [6.07, 6.45) is 0. The van der Waals surface area contributed by atoms with Gasteiger partial charge >= 0.3 is 0 Å². The van der Waals surface area contributed by atoms with E-state index in [1.807, 2.05) is 0 Å². The van der Waals surface area contributed by atoms with Crippen molar-refractivity contribution in [3.8, 4) is 0 Å². The Morgan fingerprint density at radius 1 is 0.778 bits per heavy atom. The van der Waals surface area contributed by atoms with Gasteiger partial charge in [0, 0.05) is 27.1 Å². The van der Waals surface area contributed by atoms with E-state index in [1.165, 1.54) is 0 Å². The highest BCUT2D eigenvalue weighted by molar-refractivity contribution is 8.21. The first-order chi connectivity index (χ1) is 8.74. The van der Waals surface area contributed by atoms with Gasteiger partial charge in [-0.05, 0) is 27.7 Å². The van der Waals surface area contributed by atoms with Gasteiger partial charge in [0.2, 0.25) is 0 Å². The molecule has 18 heavy (non-hydrogen) atoms. The molecule has 4 heteroatoms. The fourth-order valence-corrected chi connectivity index (χ4v) is 2.97. The Hall–Kier alpha value is -1.58. The smallest absolute Gasteiger partial charge is 0.195 e. The number of benzene rings is 2. The molecule has 88 valence electrons. The maximum absolute atomic E-state index is 12.4. The highest BCUT2D eigenvalue weighted by atomic mass is 35.7. The van der Waals surface area contributed by atoms with Crippen molar-refractivity contribution in [2.45, 2.75) is 4.90 Å². The molecule has 1 aliphatic rings. The maximum atomic E-state index is 12.4. The van der Waals surface area contributed by atoms with E-state index in [0.717, 1.165) is 11.0 Å². The van der Waals surface area contributed by atoms with E-state index in [4.69, 9.17) is 10.7 Å². The van der Waals surface area contributed by atoms with E-state index >= 15 is 0 Å². The van der Waals surface area contributed by atoms with Crippen molar-refractivity contribution >= 4 is 33.2 Å². The van der Waals surface area contributed by atoms with Crippen LogP contribution < -0.4 is 0 Å². The number of hydrogen-bond acceptors (Lipinski definition) is 3. The quantitative estimate of drug-likeness (QED) is 0.678. The molecule has 0 unspecified atom stereocenters. The Morgan fingerprint density at radius 3 is 2.06 bits per heavy atom. The lowest BCUT2D eigenvalue weighted by molar-refractivity contribution is 0.0977. The largest absolute Gasteiger partial charge is 0.289 e. The van der Waals surface area contributed by atoms with Crippen molar-refractivity contribution in [3.05, 3.63) is 64.7 Å². The van der Waals surface area contributed by atoms with Crippen molar-refractivity contribution in [2.24, 2.45) is 0 Å². The van der Waals surface area contributed by atoms with Gasteiger partial charge in [-0.2, -0.15) is 0 Å². The molecular weight excluding hydrogens is 268 g/mol. The van der Waals surface area contributed by atoms with Crippen LogP contribution in [-0.4, -0.2) is 11.6 Å². The Kier molecular flexibility index (Phi) is 2.73. The van der Waals surface area contributed by atoms with Crippen LogP contribution in [0, 0.1) is 0 Å². The molecule has 2 nitrogen and oxygen atoms in total. The Labute approximate surface area is 112 Å². The topological polar surface area (TPSA) is 34.1 Å². The van der Waals surface area contributed by atoms with Gasteiger partial charge < -0.3 is 0 Å². The SMILES string of the molecule is O=C1c2ccccc2C(=O)c2c(SCl)cccc21. The molecule has 0 amide bonds. The van der Waals surface area contributed by atoms with Crippen molar-refractivity contribution in [1.82, 2.24) is 0 Å². The van der Waals surface area contributed by atoms with Gasteiger partial charge in [0.1, 0.15) is 0 Å². The molecule has 0 spiro atoms. The van der Waals surface area contributed by atoms with Gasteiger partial charge in [0.15, 0.2) is 11.6 Å². The third kappa shape index (κ3) is 1.51. The summed E-state index contributed by atoms with van der Waals surface area (Å²) in [4.78, 5) is 25.4. The minimum atomic E-state index is -0.135. The molecule has 0 radical (unpaired) electrons. The lowest BCUT2D eigenvalue weighted by atomic mass is 9.84. The van der Waals surface area contributed by atoms with E-state index < -0.39 is 0 Å². The van der Waals surface area contributed by atoms with Crippen LogP contribution in [0.3, 0.4) is 0 Å². The fraction of sp³-hybridized carbons (Fsp3) is 0. The molecule has 0 aliphatic heterocycles. The predicted molar refractivity (Wildman–Crippen MR) is 71.5 cm³/mol. The third-order valence-electron chi connectivity index (χ3n) is 3.00. The standard InChI is InChI=1S/C14H7ClO2S/c15-18-11-7-3-6-10-12(11)14(17)9-5-2-1-4-8(9)13(10)16/h1-7H. The summed E-state index contributed by atoms with van der Waals surface area (Å²) < 4.78 is 0. The van der Waals surface area contributed by atoms with Crippen molar-refractivity contribution < 1.29 is 9.59 Å². The molecule has 0 N–H and O–H groups in total. The summed E-state index contributed by atoms with van der Waals surface area (Å²) in [6, 6.07) is 12.0. The molecule has 2 aromatic carbocycles. The second-order valence-electron chi connectivity index (χ2n) is 3.96. The van der Waals surface area contributed by atoms with Crippen molar-refractivity contribution in [1.29, 1.82) is 0 Å². The van der Waals surface area contributed by atoms with Crippen LogP contribution in [0.5, 0.6) is 0 Å². The van der Waals surface area contributed by atoms with E-state index in [1.54, 1.807) is 42.5 Å². The number of fused-ring (bicyclic) bond motifs is 2. The van der Waals surface area contributed by atoms with Crippen LogP contribution in [0.15, 0.2) is 47.4 Å². The first-order valence-electron chi connectivity index (χ1n) is 5.34. The molecule has 0 atom stereocenters. The first-order valence-corrected chi connectivity index (χ1v) is 6.98. The number of carbonyl (C=O) groups excluding carboxylic acids is 2. The molecule has 0 heterocycles. The Bertz CT molecular complexity index is 679. The number of halogens is 1. The van der Waals surface area contributed by atoms with Gasteiger partial charge in [0.25, 0.3) is 0 Å².